The molecule has 0 aromatic carbocycles. The molecule has 0 radical (unpaired) electrons. The van der Waals surface area contributed by atoms with Crippen LogP contribution in [0, 0.1) is 0 Å². The maximum absolute atomic E-state index is 4.46. The summed E-state index contributed by atoms with van der Waals surface area (Å²) in [5, 5.41) is 13.3. The lowest BCUT2D eigenvalue weighted by atomic mass is 9.91. The number of thiazole rings is 1. The minimum atomic E-state index is 0.0410. The second kappa shape index (κ2) is 4.70. The van der Waals surface area contributed by atoms with Crippen LogP contribution in [-0.2, 0) is 5.41 Å². The molecule has 0 bridgehead atoms. The van der Waals surface area contributed by atoms with Crippen molar-refractivity contribution in [3.8, 4) is 9.88 Å². The fourth-order valence-electron chi connectivity index (χ4n) is 1.47. The molecule has 0 aliphatic heterocycles. The zero-order valence-electron chi connectivity index (χ0n) is 10.4. The first kappa shape index (κ1) is 12.4. The third kappa shape index (κ3) is 2.63. The molecule has 0 aliphatic carbocycles. The SMILES string of the molecule is CCNc1nnc(-c2scnc2C(C)(C)C)s1. The summed E-state index contributed by atoms with van der Waals surface area (Å²) in [7, 11) is 0. The van der Waals surface area contributed by atoms with Crippen LogP contribution in [0.15, 0.2) is 5.51 Å². The van der Waals surface area contributed by atoms with Crippen LogP contribution < -0.4 is 5.32 Å². The second-order valence-corrected chi connectivity index (χ2v) is 6.56. The molecule has 2 heterocycles. The van der Waals surface area contributed by atoms with Crippen LogP contribution in [0.4, 0.5) is 5.13 Å². The monoisotopic (exact) mass is 268 g/mol. The van der Waals surface area contributed by atoms with E-state index in [4.69, 9.17) is 0 Å². The largest absolute Gasteiger partial charge is 0.360 e. The fraction of sp³-hybridized carbons (Fsp3) is 0.545. The Labute approximate surface area is 109 Å². The molecule has 2 aromatic rings. The first-order valence-corrected chi connectivity index (χ1v) is 7.23. The van der Waals surface area contributed by atoms with Gasteiger partial charge in [0.25, 0.3) is 0 Å². The predicted molar refractivity (Wildman–Crippen MR) is 73.9 cm³/mol. The molecule has 0 saturated heterocycles. The van der Waals surface area contributed by atoms with Gasteiger partial charge in [-0.1, -0.05) is 32.1 Å². The quantitative estimate of drug-likeness (QED) is 0.927. The Hall–Kier alpha value is -1.01. The lowest BCUT2D eigenvalue weighted by Gasteiger charge is -2.16. The van der Waals surface area contributed by atoms with E-state index < -0.39 is 0 Å². The van der Waals surface area contributed by atoms with Crippen LogP contribution in [0.5, 0.6) is 0 Å². The Morgan fingerprint density at radius 1 is 1.29 bits per heavy atom. The minimum absolute atomic E-state index is 0.0410. The fourth-order valence-corrected chi connectivity index (χ4v) is 3.37. The second-order valence-electron chi connectivity index (χ2n) is 4.72. The van der Waals surface area contributed by atoms with Gasteiger partial charge in [0.2, 0.25) is 5.13 Å². The Morgan fingerprint density at radius 2 is 2.06 bits per heavy atom. The van der Waals surface area contributed by atoms with Crippen LogP contribution in [0.2, 0.25) is 0 Å². The average molecular weight is 268 g/mol. The Bertz CT molecular complexity index is 496. The maximum atomic E-state index is 4.46. The highest BCUT2D eigenvalue weighted by Crippen LogP contribution is 2.37. The van der Waals surface area contributed by atoms with Gasteiger partial charge < -0.3 is 5.32 Å². The molecular weight excluding hydrogens is 252 g/mol. The molecule has 0 atom stereocenters. The van der Waals surface area contributed by atoms with E-state index in [1.807, 2.05) is 12.4 Å². The van der Waals surface area contributed by atoms with E-state index in [0.29, 0.717) is 0 Å². The molecule has 4 nitrogen and oxygen atoms in total. The van der Waals surface area contributed by atoms with Gasteiger partial charge in [-0.15, -0.1) is 21.5 Å². The summed E-state index contributed by atoms with van der Waals surface area (Å²) < 4.78 is 0. The van der Waals surface area contributed by atoms with Gasteiger partial charge in [0.05, 0.1) is 16.1 Å². The first-order chi connectivity index (χ1) is 8.02. The van der Waals surface area contributed by atoms with Gasteiger partial charge in [0.1, 0.15) is 0 Å². The number of nitrogens with zero attached hydrogens (tertiary/aromatic N) is 3. The summed E-state index contributed by atoms with van der Waals surface area (Å²) >= 11 is 3.21. The predicted octanol–water partition coefficient (Wildman–Crippen LogP) is 3.39. The van der Waals surface area contributed by atoms with E-state index in [9.17, 15) is 0 Å². The molecule has 92 valence electrons. The summed E-state index contributed by atoms with van der Waals surface area (Å²) in [6, 6.07) is 0. The molecule has 0 aliphatic rings. The highest BCUT2D eigenvalue weighted by molar-refractivity contribution is 7.22. The summed E-state index contributed by atoms with van der Waals surface area (Å²) in [4.78, 5) is 5.59. The highest BCUT2D eigenvalue weighted by Gasteiger charge is 2.23. The van der Waals surface area contributed by atoms with E-state index >= 15 is 0 Å². The number of hydrogen-bond acceptors (Lipinski definition) is 6. The zero-order valence-corrected chi connectivity index (χ0v) is 12.1. The molecule has 0 saturated carbocycles. The van der Waals surface area contributed by atoms with E-state index in [2.05, 4.69) is 41.3 Å². The van der Waals surface area contributed by atoms with E-state index in [-0.39, 0.29) is 5.41 Å². The van der Waals surface area contributed by atoms with Gasteiger partial charge in [0.15, 0.2) is 5.01 Å². The van der Waals surface area contributed by atoms with Crippen LogP contribution in [-0.4, -0.2) is 21.7 Å². The van der Waals surface area contributed by atoms with E-state index in [1.165, 1.54) is 0 Å². The normalized spacial score (nSPS) is 11.8. The molecule has 6 heteroatoms. The van der Waals surface area contributed by atoms with E-state index in [1.54, 1.807) is 22.7 Å². The topological polar surface area (TPSA) is 50.7 Å². The average Bonchev–Trinajstić information content (AvgIpc) is 2.82. The Balaban J connectivity index is 2.36. The van der Waals surface area contributed by atoms with E-state index in [0.717, 1.165) is 27.3 Å². The zero-order chi connectivity index (χ0) is 12.5. The van der Waals surface area contributed by atoms with Crippen molar-refractivity contribution in [2.45, 2.75) is 33.1 Å². The maximum Gasteiger partial charge on any atom is 0.206 e. The van der Waals surface area contributed by atoms with Crippen LogP contribution in [0.3, 0.4) is 0 Å². The number of anilines is 1. The molecule has 17 heavy (non-hydrogen) atoms. The number of hydrogen-bond donors (Lipinski definition) is 1. The lowest BCUT2D eigenvalue weighted by Crippen LogP contribution is -2.12. The lowest BCUT2D eigenvalue weighted by molar-refractivity contribution is 0.574. The van der Waals surface area contributed by atoms with Crippen molar-refractivity contribution >= 4 is 27.8 Å². The van der Waals surface area contributed by atoms with Crippen molar-refractivity contribution in [1.29, 1.82) is 0 Å². The molecule has 2 rings (SSSR count). The van der Waals surface area contributed by atoms with Crippen molar-refractivity contribution in [3.05, 3.63) is 11.2 Å². The highest BCUT2D eigenvalue weighted by atomic mass is 32.1. The van der Waals surface area contributed by atoms with Crippen LogP contribution in [0.1, 0.15) is 33.4 Å². The van der Waals surface area contributed by atoms with Crippen LogP contribution in [0.25, 0.3) is 9.88 Å². The summed E-state index contributed by atoms with van der Waals surface area (Å²) in [5.74, 6) is 0. The molecule has 0 amide bonds. The smallest absolute Gasteiger partial charge is 0.206 e. The van der Waals surface area contributed by atoms with Gasteiger partial charge in [-0.3, -0.25) is 0 Å². The number of nitrogens with one attached hydrogen (secondary N) is 1. The van der Waals surface area contributed by atoms with Crippen LogP contribution >= 0.6 is 22.7 Å². The van der Waals surface area contributed by atoms with Gasteiger partial charge in [-0.05, 0) is 6.92 Å². The van der Waals surface area contributed by atoms with Gasteiger partial charge in [-0.25, -0.2) is 4.98 Å². The third-order valence-corrected chi connectivity index (χ3v) is 4.09. The number of aromatic nitrogens is 3. The van der Waals surface area contributed by atoms with Crippen molar-refractivity contribution in [2.24, 2.45) is 0 Å². The molecule has 0 spiro atoms. The van der Waals surface area contributed by atoms with Crippen molar-refractivity contribution in [2.75, 3.05) is 11.9 Å². The van der Waals surface area contributed by atoms with Crippen molar-refractivity contribution in [3.63, 3.8) is 0 Å². The first-order valence-electron chi connectivity index (χ1n) is 5.54. The third-order valence-electron chi connectivity index (χ3n) is 2.23. The van der Waals surface area contributed by atoms with Gasteiger partial charge >= 0.3 is 0 Å². The molecule has 1 N–H and O–H groups in total. The molecular formula is C11H16N4S2. The molecule has 0 fully saturated rings. The summed E-state index contributed by atoms with van der Waals surface area (Å²) in [6.07, 6.45) is 0. The van der Waals surface area contributed by atoms with Crippen molar-refractivity contribution < 1.29 is 0 Å². The Kier molecular flexibility index (Phi) is 3.44. The molecule has 2 aromatic heterocycles. The van der Waals surface area contributed by atoms with Gasteiger partial charge in [-0.2, -0.15) is 0 Å². The summed E-state index contributed by atoms with van der Waals surface area (Å²) in [5.41, 5.74) is 3.02. The molecule has 0 unspecified atom stereocenters. The summed E-state index contributed by atoms with van der Waals surface area (Å²) in [6.45, 7) is 9.41. The van der Waals surface area contributed by atoms with Gasteiger partial charge in [0, 0.05) is 12.0 Å². The number of rotatable bonds is 3. The van der Waals surface area contributed by atoms with Crippen molar-refractivity contribution in [1.82, 2.24) is 15.2 Å². The Morgan fingerprint density at radius 3 is 2.71 bits per heavy atom. The standard InChI is InChI=1S/C11H16N4S2/c1-5-12-10-15-14-9(17-10)7-8(11(2,3)4)13-6-16-7/h6H,5H2,1-4H3,(H,12,15). The minimum Gasteiger partial charge on any atom is -0.360 e.